The SMILES string of the molecule is CN=C(NCCCCOCCOC)NCc1nc(C)c(C)s1.I. The van der Waals surface area contributed by atoms with Gasteiger partial charge in [0.25, 0.3) is 0 Å². The molecule has 23 heavy (non-hydrogen) atoms. The van der Waals surface area contributed by atoms with Crippen molar-refractivity contribution in [3.05, 3.63) is 15.6 Å². The van der Waals surface area contributed by atoms with Crippen molar-refractivity contribution in [2.24, 2.45) is 4.99 Å². The fourth-order valence-corrected chi connectivity index (χ4v) is 2.65. The number of nitrogens with zero attached hydrogens (tertiary/aromatic N) is 2. The highest BCUT2D eigenvalue weighted by Gasteiger charge is 2.04. The van der Waals surface area contributed by atoms with Gasteiger partial charge in [-0.2, -0.15) is 0 Å². The van der Waals surface area contributed by atoms with E-state index in [-0.39, 0.29) is 24.0 Å². The Kier molecular flexibility index (Phi) is 13.7. The van der Waals surface area contributed by atoms with E-state index >= 15 is 0 Å². The third-order valence-electron chi connectivity index (χ3n) is 3.14. The van der Waals surface area contributed by atoms with Crippen LogP contribution < -0.4 is 10.6 Å². The molecule has 1 aromatic rings. The second kappa shape index (κ2) is 13.9. The van der Waals surface area contributed by atoms with Gasteiger partial charge < -0.3 is 20.1 Å². The molecular weight excluding hydrogens is 427 g/mol. The van der Waals surface area contributed by atoms with E-state index in [1.54, 1.807) is 25.5 Å². The van der Waals surface area contributed by atoms with Gasteiger partial charge in [-0.25, -0.2) is 4.98 Å². The van der Waals surface area contributed by atoms with Crippen molar-refractivity contribution in [1.29, 1.82) is 0 Å². The third-order valence-corrected chi connectivity index (χ3v) is 4.22. The Morgan fingerprint density at radius 3 is 2.57 bits per heavy atom. The van der Waals surface area contributed by atoms with Crippen molar-refractivity contribution in [3.8, 4) is 0 Å². The summed E-state index contributed by atoms with van der Waals surface area (Å²) in [6, 6.07) is 0. The van der Waals surface area contributed by atoms with Gasteiger partial charge >= 0.3 is 0 Å². The van der Waals surface area contributed by atoms with E-state index in [1.165, 1.54) is 4.88 Å². The summed E-state index contributed by atoms with van der Waals surface area (Å²) in [6.07, 6.45) is 2.07. The normalized spacial score (nSPS) is 11.2. The van der Waals surface area contributed by atoms with E-state index in [2.05, 4.69) is 27.5 Å². The van der Waals surface area contributed by atoms with E-state index in [4.69, 9.17) is 9.47 Å². The maximum atomic E-state index is 5.42. The summed E-state index contributed by atoms with van der Waals surface area (Å²) in [5.74, 6) is 0.811. The van der Waals surface area contributed by atoms with Crippen LogP contribution in [0.4, 0.5) is 0 Å². The monoisotopic (exact) mass is 456 g/mol. The predicted molar refractivity (Wildman–Crippen MR) is 107 cm³/mol. The zero-order chi connectivity index (χ0) is 16.2. The fourth-order valence-electron chi connectivity index (χ4n) is 1.77. The van der Waals surface area contributed by atoms with Gasteiger partial charge in [-0.1, -0.05) is 0 Å². The highest BCUT2D eigenvalue weighted by atomic mass is 127. The average Bonchev–Trinajstić information content (AvgIpc) is 2.83. The number of nitrogens with one attached hydrogen (secondary N) is 2. The van der Waals surface area contributed by atoms with Crippen LogP contribution in [0.15, 0.2) is 4.99 Å². The number of aromatic nitrogens is 1. The maximum absolute atomic E-state index is 5.42. The molecule has 1 aromatic heterocycles. The minimum absolute atomic E-state index is 0. The molecule has 0 atom stereocenters. The van der Waals surface area contributed by atoms with Gasteiger partial charge in [0, 0.05) is 32.2 Å². The molecule has 0 radical (unpaired) electrons. The molecule has 0 saturated carbocycles. The lowest BCUT2D eigenvalue weighted by Crippen LogP contribution is -2.37. The second-order valence-electron chi connectivity index (χ2n) is 4.91. The quantitative estimate of drug-likeness (QED) is 0.245. The zero-order valence-corrected chi connectivity index (χ0v) is 17.6. The Labute approximate surface area is 160 Å². The van der Waals surface area contributed by atoms with Gasteiger partial charge in [0.05, 0.1) is 25.5 Å². The predicted octanol–water partition coefficient (Wildman–Crippen LogP) is 2.49. The summed E-state index contributed by atoms with van der Waals surface area (Å²) in [5, 5.41) is 7.67. The molecule has 0 aromatic carbocycles. The molecule has 8 heteroatoms. The van der Waals surface area contributed by atoms with E-state index in [0.717, 1.165) is 42.7 Å². The zero-order valence-electron chi connectivity index (χ0n) is 14.5. The topological polar surface area (TPSA) is 67.8 Å². The molecule has 0 bridgehead atoms. The lowest BCUT2D eigenvalue weighted by molar-refractivity contribution is 0.0689. The van der Waals surface area contributed by atoms with Crippen LogP contribution in [0.25, 0.3) is 0 Å². The van der Waals surface area contributed by atoms with Crippen LogP contribution in [0.2, 0.25) is 0 Å². The molecule has 0 spiro atoms. The molecular formula is C15H29IN4O2S. The highest BCUT2D eigenvalue weighted by molar-refractivity contribution is 14.0. The van der Waals surface area contributed by atoms with Crippen molar-refractivity contribution in [1.82, 2.24) is 15.6 Å². The number of guanidine groups is 1. The van der Waals surface area contributed by atoms with Gasteiger partial charge in [0.15, 0.2) is 5.96 Å². The summed E-state index contributed by atoms with van der Waals surface area (Å²) in [6.45, 7) is 7.82. The van der Waals surface area contributed by atoms with Crippen molar-refractivity contribution < 1.29 is 9.47 Å². The van der Waals surface area contributed by atoms with Gasteiger partial charge in [0.1, 0.15) is 5.01 Å². The molecule has 0 saturated heterocycles. The van der Waals surface area contributed by atoms with Gasteiger partial charge in [-0.05, 0) is 26.7 Å². The number of unbranched alkanes of at least 4 members (excludes halogenated alkanes) is 1. The first-order chi connectivity index (χ1) is 10.7. The maximum Gasteiger partial charge on any atom is 0.191 e. The molecule has 134 valence electrons. The largest absolute Gasteiger partial charge is 0.382 e. The minimum Gasteiger partial charge on any atom is -0.382 e. The molecule has 2 N–H and O–H groups in total. The highest BCUT2D eigenvalue weighted by Crippen LogP contribution is 2.15. The first kappa shape index (κ1) is 22.6. The number of aliphatic imine (C=N–C) groups is 1. The first-order valence-electron chi connectivity index (χ1n) is 7.61. The van der Waals surface area contributed by atoms with Crippen LogP contribution >= 0.6 is 35.3 Å². The number of rotatable bonds is 10. The Morgan fingerprint density at radius 2 is 1.96 bits per heavy atom. The smallest absolute Gasteiger partial charge is 0.191 e. The first-order valence-corrected chi connectivity index (χ1v) is 8.43. The number of thiazole rings is 1. The van der Waals surface area contributed by atoms with Crippen molar-refractivity contribution in [2.75, 3.05) is 40.5 Å². The molecule has 0 aliphatic heterocycles. The Morgan fingerprint density at radius 1 is 1.17 bits per heavy atom. The average molecular weight is 456 g/mol. The molecule has 1 heterocycles. The van der Waals surface area contributed by atoms with Crippen LogP contribution in [0.1, 0.15) is 28.4 Å². The third kappa shape index (κ3) is 10.1. The summed E-state index contributed by atoms with van der Waals surface area (Å²) >= 11 is 1.73. The summed E-state index contributed by atoms with van der Waals surface area (Å²) < 4.78 is 10.3. The summed E-state index contributed by atoms with van der Waals surface area (Å²) in [7, 11) is 3.46. The number of aryl methyl sites for hydroxylation is 2. The Balaban J connectivity index is 0.00000484. The minimum atomic E-state index is 0. The number of ether oxygens (including phenoxy) is 2. The van der Waals surface area contributed by atoms with E-state index < -0.39 is 0 Å². The molecule has 0 aliphatic carbocycles. The number of hydrogen-bond acceptors (Lipinski definition) is 5. The fraction of sp³-hybridized carbons (Fsp3) is 0.733. The molecule has 0 amide bonds. The van der Waals surface area contributed by atoms with Gasteiger partial charge in [0.2, 0.25) is 0 Å². The van der Waals surface area contributed by atoms with Gasteiger partial charge in [-0.15, -0.1) is 35.3 Å². The van der Waals surface area contributed by atoms with Gasteiger partial charge in [-0.3, -0.25) is 4.99 Å². The van der Waals surface area contributed by atoms with Crippen LogP contribution in [-0.4, -0.2) is 51.5 Å². The number of methoxy groups -OCH3 is 1. The van der Waals surface area contributed by atoms with E-state index in [9.17, 15) is 0 Å². The Hall–Kier alpha value is -0.450. The standard InChI is InChI=1S/C15H28N4O2S.HI/c1-12-13(2)22-14(19-12)11-18-15(16-3)17-7-5-6-8-21-10-9-20-4;/h5-11H2,1-4H3,(H2,16,17,18);1H. The molecule has 0 aliphatic rings. The van der Waals surface area contributed by atoms with Crippen LogP contribution in [0.5, 0.6) is 0 Å². The van der Waals surface area contributed by atoms with Crippen molar-refractivity contribution in [2.45, 2.75) is 33.2 Å². The number of hydrogen-bond donors (Lipinski definition) is 2. The summed E-state index contributed by atoms with van der Waals surface area (Å²) in [4.78, 5) is 9.99. The second-order valence-corrected chi connectivity index (χ2v) is 6.20. The lowest BCUT2D eigenvalue weighted by Gasteiger charge is -2.10. The van der Waals surface area contributed by atoms with Crippen LogP contribution in [0, 0.1) is 13.8 Å². The van der Waals surface area contributed by atoms with Crippen molar-refractivity contribution >= 4 is 41.3 Å². The molecule has 6 nitrogen and oxygen atoms in total. The van der Waals surface area contributed by atoms with Crippen LogP contribution in [0.3, 0.4) is 0 Å². The molecule has 0 fully saturated rings. The number of halogens is 1. The van der Waals surface area contributed by atoms with Crippen molar-refractivity contribution in [3.63, 3.8) is 0 Å². The lowest BCUT2D eigenvalue weighted by atomic mass is 10.3. The molecule has 1 rings (SSSR count). The van der Waals surface area contributed by atoms with Crippen LogP contribution in [-0.2, 0) is 16.0 Å². The van der Waals surface area contributed by atoms with E-state index in [1.807, 2.05) is 6.92 Å². The Bertz CT molecular complexity index is 435. The molecule has 0 unspecified atom stereocenters. The summed E-state index contributed by atoms with van der Waals surface area (Å²) in [5.41, 5.74) is 1.11. The van der Waals surface area contributed by atoms with E-state index in [0.29, 0.717) is 19.8 Å².